The van der Waals surface area contributed by atoms with Gasteiger partial charge in [-0.2, -0.15) is 0 Å². The predicted molar refractivity (Wildman–Crippen MR) is 102 cm³/mol. The normalized spacial score (nSPS) is 12.5. The first kappa shape index (κ1) is 18.1. The molecule has 2 N–H and O–H groups in total. The molecule has 1 atom stereocenters. The van der Waals surface area contributed by atoms with Gasteiger partial charge >= 0.3 is 0 Å². The molecule has 0 spiro atoms. The molecule has 1 amide bonds. The molecule has 7 nitrogen and oxygen atoms in total. The van der Waals surface area contributed by atoms with Crippen molar-refractivity contribution in [2.75, 3.05) is 20.6 Å². The fourth-order valence-electron chi connectivity index (χ4n) is 2.76. The van der Waals surface area contributed by atoms with Crippen LogP contribution in [-0.4, -0.2) is 41.0 Å². The van der Waals surface area contributed by atoms with Gasteiger partial charge in [0, 0.05) is 19.2 Å². The van der Waals surface area contributed by atoms with Crippen LogP contribution in [-0.2, 0) is 7.05 Å². The zero-order valence-electron chi connectivity index (χ0n) is 14.8. The molecular weight excluding hydrogens is 352 g/mol. The van der Waals surface area contributed by atoms with Crippen LogP contribution >= 0.6 is 12.2 Å². The molecule has 0 saturated carbocycles. The summed E-state index contributed by atoms with van der Waals surface area (Å²) in [5, 5.41) is 3.40. The van der Waals surface area contributed by atoms with Crippen molar-refractivity contribution in [3.63, 3.8) is 0 Å². The summed E-state index contributed by atoms with van der Waals surface area (Å²) in [4.78, 5) is 29.7. The van der Waals surface area contributed by atoms with E-state index in [9.17, 15) is 9.59 Å². The molecule has 26 heavy (non-hydrogen) atoms. The summed E-state index contributed by atoms with van der Waals surface area (Å²) in [7, 11) is 5.45. The van der Waals surface area contributed by atoms with Crippen molar-refractivity contribution < 1.29 is 9.21 Å². The Balaban J connectivity index is 1.83. The zero-order valence-corrected chi connectivity index (χ0v) is 15.6. The first-order valence-electron chi connectivity index (χ1n) is 8.09. The summed E-state index contributed by atoms with van der Waals surface area (Å²) >= 11 is 5.13. The molecular formula is C18H20N4O3S. The van der Waals surface area contributed by atoms with Crippen LogP contribution < -0.4 is 10.9 Å². The van der Waals surface area contributed by atoms with Crippen LogP contribution in [0.1, 0.15) is 22.2 Å². The average molecular weight is 372 g/mol. The van der Waals surface area contributed by atoms with Gasteiger partial charge in [0.2, 0.25) is 0 Å². The number of likely N-dealkylation sites (N-methyl/N-ethyl adjacent to an activating group) is 1. The molecule has 3 rings (SSSR count). The van der Waals surface area contributed by atoms with Crippen molar-refractivity contribution in [3.05, 3.63) is 63.0 Å². The minimum atomic E-state index is -0.231. The molecule has 3 aromatic rings. The van der Waals surface area contributed by atoms with E-state index in [0.717, 1.165) is 5.76 Å². The summed E-state index contributed by atoms with van der Waals surface area (Å²) in [6.07, 6.45) is 1.61. The Labute approximate surface area is 155 Å². The maximum atomic E-state index is 12.5. The molecule has 0 saturated heterocycles. The highest BCUT2D eigenvalue weighted by Crippen LogP contribution is 2.18. The molecule has 0 aliphatic rings. The Hall–Kier alpha value is -2.71. The van der Waals surface area contributed by atoms with E-state index in [1.54, 1.807) is 31.5 Å². The third kappa shape index (κ3) is 3.47. The van der Waals surface area contributed by atoms with Gasteiger partial charge < -0.3 is 14.7 Å². The van der Waals surface area contributed by atoms with Gasteiger partial charge in [-0.25, -0.2) is 0 Å². The second kappa shape index (κ2) is 7.27. The van der Waals surface area contributed by atoms with Crippen LogP contribution in [0.2, 0.25) is 0 Å². The van der Waals surface area contributed by atoms with Gasteiger partial charge in [0.05, 0.1) is 23.2 Å². The van der Waals surface area contributed by atoms with E-state index in [2.05, 4.69) is 10.3 Å². The number of aromatic nitrogens is 2. The first-order valence-corrected chi connectivity index (χ1v) is 8.50. The van der Waals surface area contributed by atoms with E-state index in [-0.39, 0.29) is 17.5 Å². The maximum Gasteiger partial charge on any atom is 0.261 e. The number of furan rings is 1. The Morgan fingerprint density at radius 1 is 1.38 bits per heavy atom. The number of hydrogen-bond donors (Lipinski definition) is 2. The number of fused-ring (bicyclic) bond motifs is 1. The van der Waals surface area contributed by atoms with Gasteiger partial charge in [-0.15, -0.1) is 0 Å². The quantitative estimate of drug-likeness (QED) is 0.671. The Kier molecular flexibility index (Phi) is 5.06. The fourth-order valence-corrected chi connectivity index (χ4v) is 2.95. The predicted octanol–water partition coefficient (Wildman–Crippen LogP) is 2.22. The Morgan fingerprint density at radius 2 is 2.15 bits per heavy atom. The topological polar surface area (TPSA) is 83.3 Å². The maximum absolute atomic E-state index is 12.5. The van der Waals surface area contributed by atoms with Crippen LogP contribution in [0.4, 0.5) is 0 Å². The summed E-state index contributed by atoms with van der Waals surface area (Å²) in [6, 6.07) is 8.52. The van der Waals surface area contributed by atoms with E-state index in [1.165, 1.54) is 4.57 Å². The van der Waals surface area contributed by atoms with Crippen molar-refractivity contribution in [2.24, 2.45) is 7.05 Å². The number of rotatable bonds is 5. The van der Waals surface area contributed by atoms with Crippen LogP contribution in [0.3, 0.4) is 0 Å². The van der Waals surface area contributed by atoms with E-state index in [0.29, 0.717) is 27.8 Å². The SMILES string of the molecule is CN(C)C(CNC(=O)c1ccc2c(=O)n(C)c(=S)[nH]c2c1)c1ccco1. The first-order chi connectivity index (χ1) is 12.4. The fraction of sp³-hybridized carbons (Fsp3) is 0.278. The van der Waals surface area contributed by atoms with Crippen LogP contribution in [0, 0.1) is 4.77 Å². The monoisotopic (exact) mass is 372 g/mol. The molecule has 1 unspecified atom stereocenters. The second-order valence-corrected chi connectivity index (χ2v) is 6.65. The Morgan fingerprint density at radius 3 is 2.81 bits per heavy atom. The third-order valence-corrected chi connectivity index (χ3v) is 4.69. The number of carbonyl (C=O) groups is 1. The molecule has 0 bridgehead atoms. The molecule has 8 heteroatoms. The third-order valence-electron chi connectivity index (χ3n) is 4.31. The van der Waals surface area contributed by atoms with Crippen molar-refractivity contribution in [1.29, 1.82) is 0 Å². The smallest absolute Gasteiger partial charge is 0.261 e. The molecule has 2 aromatic heterocycles. The van der Waals surface area contributed by atoms with Gasteiger partial charge in [-0.3, -0.25) is 19.1 Å². The summed E-state index contributed by atoms with van der Waals surface area (Å²) in [5.74, 6) is 0.548. The van der Waals surface area contributed by atoms with Crippen LogP contribution in [0.25, 0.3) is 10.9 Å². The lowest BCUT2D eigenvalue weighted by Crippen LogP contribution is -2.34. The largest absolute Gasteiger partial charge is 0.468 e. The number of nitrogens with zero attached hydrogens (tertiary/aromatic N) is 2. The van der Waals surface area contributed by atoms with E-state index < -0.39 is 0 Å². The second-order valence-electron chi connectivity index (χ2n) is 6.26. The van der Waals surface area contributed by atoms with E-state index in [1.807, 2.05) is 31.1 Å². The van der Waals surface area contributed by atoms with E-state index in [4.69, 9.17) is 16.6 Å². The molecule has 0 fully saturated rings. The number of H-pyrrole nitrogens is 1. The highest BCUT2D eigenvalue weighted by Gasteiger charge is 2.18. The van der Waals surface area contributed by atoms with Crippen LogP contribution in [0.5, 0.6) is 0 Å². The molecule has 0 aliphatic heterocycles. The van der Waals surface area contributed by atoms with Gasteiger partial charge in [-0.05, 0) is 56.6 Å². The minimum absolute atomic E-state index is 0.0764. The number of benzene rings is 1. The van der Waals surface area contributed by atoms with Gasteiger partial charge in [0.15, 0.2) is 4.77 Å². The zero-order chi connectivity index (χ0) is 18.8. The standard InChI is InChI=1S/C18H20N4O3S/c1-21(2)14(15-5-4-8-25-15)10-19-16(23)11-6-7-12-13(9-11)20-18(26)22(3)17(12)24/h4-9,14H,10H2,1-3H3,(H,19,23)(H,20,26). The van der Waals surface area contributed by atoms with Crippen LogP contribution in [0.15, 0.2) is 45.8 Å². The Bertz CT molecular complexity index is 1050. The van der Waals surface area contributed by atoms with Crippen molar-refractivity contribution in [2.45, 2.75) is 6.04 Å². The van der Waals surface area contributed by atoms with Crippen molar-refractivity contribution >= 4 is 29.0 Å². The lowest BCUT2D eigenvalue weighted by atomic mass is 10.1. The van der Waals surface area contributed by atoms with E-state index >= 15 is 0 Å². The van der Waals surface area contributed by atoms with Crippen molar-refractivity contribution in [1.82, 2.24) is 19.8 Å². The molecule has 0 aliphatic carbocycles. The summed E-state index contributed by atoms with van der Waals surface area (Å²) in [6.45, 7) is 0.393. The number of aromatic amines is 1. The average Bonchev–Trinajstić information content (AvgIpc) is 3.13. The molecule has 0 radical (unpaired) electrons. The highest BCUT2D eigenvalue weighted by molar-refractivity contribution is 7.71. The number of hydrogen-bond acceptors (Lipinski definition) is 5. The number of nitrogens with one attached hydrogen (secondary N) is 2. The van der Waals surface area contributed by atoms with Crippen molar-refractivity contribution in [3.8, 4) is 0 Å². The summed E-state index contributed by atoms with van der Waals surface area (Å²) in [5.41, 5.74) is 0.801. The van der Waals surface area contributed by atoms with Gasteiger partial charge in [0.25, 0.3) is 11.5 Å². The van der Waals surface area contributed by atoms with Gasteiger partial charge in [-0.1, -0.05) is 0 Å². The molecule has 136 valence electrons. The molecule has 2 heterocycles. The lowest BCUT2D eigenvalue weighted by Gasteiger charge is -2.22. The molecule has 1 aromatic carbocycles. The number of amides is 1. The minimum Gasteiger partial charge on any atom is -0.468 e. The summed E-state index contributed by atoms with van der Waals surface area (Å²) < 4.78 is 7.12. The number of carbonyl (C=O) groups excluding carboxylic acids is 1. The highest BCUT2D eigenvalue weighted by atomic mass is 32.1. The lowest BCUT2D eigenvalue weighted by molar-refractivity contribution is 0.0939. The van der Waals surface area contributed by atoms with Gasteiger partial charge in [0.1, 0.15) is 5.76 Å².